The number of carbonyl (C=O) groups excluding carboxylic acids is 1. The van der Waals surface area contributed by atoms with Crippen LogP contribution in [-0.4, -0.2) is 40.0 Å². The molecule has 0 spiro atoms. The Kier molecular flexibility index (Phi) is 8.49. The Morgan fingerprint density at radius 1 is 1.02 bits per heavy atom. The molecule has 1 fully saturated rings. The maximum atomic E-state index is 13.0. The molecule has 6 rings (SSSR count). The molecule has 4 aromatic rings. The van der Waals surface area contributed by atoms with Gasteiger partial charge in [0.25, 0.3) is 0 Å². The third kappa shape index (κ3) is 6.51. The lowest BCUT2D eigenvalue weighted by molar-refractivity contribution is 0.0480. The molecule has 8 heteroatoms. The van der Waals surface area contributed by atoms with Crippen LogP contribution in [0.4, 0.5) is 4.79 Å². The normalized spacial score (nSPS) is 16.9. The first-order valence-corrected chi connectivity index (χ1v) is 15.9. The Morgan fingerprint density at radius 2 is 1.78 bits per heavy atom. The number of nitrogens with one attached hydrogen (secondary N) is 1. The third-order valence-electron chi connectivity index (χ3n) is 8.72. The van der Waals surface area contributed by atoms with Crippen LogP contribution in [-0.2, 0) is 17.9 Å². The molecule has 0 unspecified atom stereocenters. The molecular weight excluding hydrogens is 568 g/mol. The molecule has 3 aromatic carbocycles. The molecule has 2 N–H and O–H groups in total. The van der Waals surface area contributed by atoms with Crippen molar-refractivity contribution < 1.29 is 28.9 Å². The van der Waals surface area contributed by atoms with E-state index in [-0.39, 0.29) is 12.2 Å². The molecule has 1 saturated carbocycles. The van der Waals surface area contributed by atoms with E-state index in [9.17, 15) is 14.7 Å². The Hall–Kier alpha value is -4.46. The highest BCUT2D eigenvalue weighted by Crippen LogP contribution is 2.50. The van der Waals surface area contributed by atoms with Gasteiger partial charge in [-0.1, -0.05) is 61.7 Å². The zero-order valence-electron chi connectivity index (χ0n) is 26.5. The number of ether oxygens (including phenoxy) is 3. The Bertz CT molecular complexity index is 1710. The van der Waals surface area contributed by atoms with Crippen molar-refractivity contribution in [3.05, 3.63) is 82.9 Å². The van der Waals surface area contributed by atoms with Gasteiger partial charge in [0.05, 0.1) is 17.3 Å². The fourth-order valence-corrected chi connectivity index (χ4v) is 6.74. The smallest absolute Gasteiger partial charge is 0.408 e. The van der Waals surface area contributed by atoms with Crippen molar-refractivity contribution in [2.24, 2.45) is 0 Å². The van der Waals surface area contributed by atoms with E-state index in [4.69, 9.17) is 14.2 Å². The zero-order chi connectivity index (χ0) is 31.7. The van der Waals surface area contributed by atoms with Crippen LogP contribution in [0.25, 0.3) is 22.2 Å². The first-order valence-electron chi connectivity index (χ1n) is 15.9. The van der Waals surface area contributed by atoms with Gasteiger partial charge in [0.15, 0.2) is 11.5 Å². The maximum absolute atomic E-state index is 13.0. The minimum atomic E-state index is -0.975. The first kappa shape index (κ1) is 30.6. The molecule has 1 atom stereocenters. The summed E-state index contributed by atoms with van der Waals surface area (Å²) in [5, 5.41) is 14.0. The number of nitrogens with zero attached hydrogens (tertiary/aromatic N) is 1. The molecule has 2 aliphatic rings. The van der Waals surface area contributed by atoms with Gasteiger partial charge in [0.2, 0.25) is 0 Å². The summed E-state index contributed by atoms with van der Waals surface area (Å²) >= 11 is 0. The lowest BCUT2D eigenvalue weighted by Crippen LogP contribution is -2.45. The number of aromatic carboxylic acids is 1. The summed E-state index contributed by atoms with van der Waals surface area (Å²) in [6.07, 6.45) is 5.10. The predicted molar refractivity (Wildman–Crippen MR) is 174 cm³/mol. The number of carbonyl (C=O) groups is 2. The summed E-state index contributed by atoms with van der Waals surface area (Å²) in [7, 11) is 0. The molecule has 1 aromatic heterocycles. The van der Waals surface area contributed by atoms with Crippen molar-refractivity contribution >= 4 is 23.0 Å². The molecule has 236 valence electrons. The van der Waals surface area contributed by atoms with E-state index >= 15 is 0 Å². The number of rotatable bonds is 6. The number of hydrogen-bond acceptors (Lipinski definition) is 5. The number of aromatic nitrogens is 1. The fraction of sp³-hybridized carbons (Fsp3) is 0.405. The first-order chi connectivity index (χ1) is 21.6. The standard InChI is InChI=1S/C37H42N2O6/c1-23-15-18-30(43-21-24-11-7-5-8-12-24)34-31(23)33-32(25-13-9-6-10-14-25)28-17-16-26(35(40)41)19-29(28)39(33)20-27(22-44-34)38-36(42)45-37(2,3)4/h5,7-8,11-12,15-19,25,27H,6,9-10,13-14,20-22H2,1-4H3,(H,38,42)(H,40,41)/t27-/m1/s1. The summed E-state index contributed by atoms with van der Waals surface area (Å²) in [6.45, 7) is 8.51. The highest BCUT2D eigenvalue weighted by molar-refractivity contribution is 5.99. The van der Waals surface area contributed by atoms with Gasteiger partial charge in [0, 0.05) is 23.0 Å². The molecule has 1 aliphatic carbocycles. The maximum Gasteiger partial charge on any atom is 0.408 e. The topological polar surface area (TPSA) is 99.0 Å². The van der Waals surface area contributed by atoms with Gasteiger partial charge in [-0.3, -0.25) is 0 Å². The Morgan fingerprint density at radius 3 is 2.49 bits per heavy atom. The molecule has 8 nitrogen and oxygen atoms in total. The number of aryl methyl sites for hydroxylation is 1. The van der Waals surface area contributed by atoms with Crippen molar-refractivity contribution in [2.45, 2.75) is 90.5 Å². The minimum Gasteiger partial charge on any atom is -0.487 e. The SMILES string of the molecule is Cc1ccc(OCc2ccccc2)c2c1-c1c(C3CCCCC3)c3ccc(C(=O)O)cc3n1C[C@@H](NC(=O)OC(C)(C)C)CO2. The van der Waals surface area contributed by atoms with Crippen LogP contribution in [0.1, 0.15) is 85.8 Å². The van der Waals surface area contributed by atoms with Crippen LogP contribution in [0.5, 0.6) is 11.5 Å². The molecule has 1 aliphatic heterocycles. The summed E-state index contributed by atoms with van der Waals surface area (Å²) in [4.78, 5) is 25.2. The molecule has 45 heavy (non-hydrogen) atoms. The van der Waals surface area contributed by atoms with Crippen LogP contribution >= 0.6 is 0 Å². The van der Waals surface area contributed by atoms with Gasteiger partial charge in [-0.15, -0.1) is 0 Å². The van der Waals surface area contributed by atoms with E-state index in [1.165, 1.54) is 12.0 Å². The van der Waals surface area contributed by atoms with Crippen LogP contribution < -0.4 is 14.8 Å². The number of carboxylic acid groups (broad SMARTS) is 1. The number of amides is 1. The minimum absolute atomic E-state index is 0.174. The van der Waals surface area contributed by atoms with Crippen LogP contribution in [0, 0.1) is 6.92 Å². The van der Waals surface area contributed by atoms with Crippen molar-refractivity contribution in [1.29, 1.82) is 0 Å². The highest BCUT2D eigenvalue weighted by atomic mass is 16.6. The van der Waals surface area contributed by atoms with Crippen molar-refractivity contribution in [1.82, 2.24) is 9.88 Å². The fourth-order valence-electron chi connectivity index (χ4n) is 6.74. The average molecular weight is 611 g/mol. The second kappa shape index (κ2) is 12.5. The van der Waals surface area contributed by atoms with Gasteiger partial charge in [-0.05, 0) is 81.3 Å². The predicted octanol–water partition coefficient (Wildman–Crippen LogP) is 8.23. The Labute approximate surface area is 264 Å². The molecule has 1 amide bonds. The number of fused-ring (bicyclic) bond motifs is 5. The van der Waals surface area contributed by atoms with Gasteiger partial charge < -0.3 is 29.2 Å². The van der Waals surface area contributed by atoms with Gasteiger partial charge in [-0.25, -0.2) is 9.59 Å². The molecule has 2 heterocycles. The van der Waals surface area contributed by atoms with E-state index in [0.29, 0.717) is 30.6 Å². The second-order valence-corrected chi connectivity index (χ2v) is 13.3. The van der Waals surface area contributed by atoms with Gasteiger partial charge in [-0.2, -0.15) is 0 Å². The molecular formula is C37H42N2O6. The molecule has 0 radical (unpaired) electrons. The van der Waals surface area contributed by atoms with E-state index < -0.39 is 23.7 Å². The molecule has 0 bridgehead atoms. The van der Waals surface area contributed by atoms with Gasteiger partial charge in [0.1, 0.15) is 18.8 Å². The second-order valence-electron chi connectivity index (χ2n) is 13.3. The monoisotopic (exact) mass is 610 g/mol. The van der Waals surface area contributed by atoms with Crippen molar-refractivity contribution in [3.8, 4) is 22.8 Å². The lowest BCUT2D eigenvalue weighted by Gasteiger charge is -2.30. The summed E-state index contributed by atoms with van der Waals surface area (Å²) in [5.74, 6) is 0.583. The third-order valence-corrected chi connectivity index (χ3v) is 8.72. The largest absolute Gasteiger partial charge is 0.487 e. The summed E-state index contributed by atoms with van der Waals surface area (Å²) in [5.41, 5.74) is 5.65. The Balaban J connectivity index is 1.56. The quantitative estimate of drug-likeness (QED) is 0.228. The van der Waals surface area contributed by atoms with E-state index in [2.05, 4.69) is 22.9 Å². The van der Waals surface area contributed by atoms with Crippen molar-refractivity contribution in [2.75, 3.05) is 6.61 Å². The summed E-state index contributed by atoms with van der Waals surface area (Å²) in [6, 6.07) is 19.0. The number of alkyl carbamates (subject to hydrolysis) is 1. The lowest BCUT2D eigenvalue weighted by atomic mass is 9.81. The van der Waals surface area contributed by atoms with E-state index in [1.54, 1.807) is 12.1 Å². The van der Waals surface area contributed by atoms with E-state index in [0.717, 1.165) is 59.0 Å². The average Bonchev–Trinajstić information content (AvgIpc) is 3.30. The highest BCUT2D eigenvalue weighted by Gasteiger charge is 2.33. The van der Waals surface area contributed by atoms with E-state index in [1.807, 2.05) is 63.2 Å². The summed E-state index contributed by atoms with van der Waals surface area (Å²) < 4.78 is 20.9. The van der Waals surface area contributed by atoms with Gasteiger partial charge >= 0.3 is 12.1 Å². The van der Waals surface area contributed by atoms with Crippen LogP contribution in [0.3, 0.4) is 0 Å². The number of carboxylic acids is 1. The van der Waals surface area contributed by atoms with Crippen LogP contribution in [0.15, 0.2) is 60.7 Å². The zero-order valence-corrected chi connectivity index (χ0v) is 26.5. The number of hydrogen-bond donors (Lipinski definition) is 2. The number of benzene rings is 3. The van der Waals surface area contributed by atoms with Crippen LogP contribution in [0.2, 0.25) is 0 Å². The van der Waals surface area contributed by atoms with Crippen molar-refractivity contribution in [3.63, 3.8) is 0 Å². The molecule has 0 saturated heterocycles.